The zero-order valence-corrected chi connectivity index (χ0v) is 11.1. The maximum atomic E-state index is 4.38. The van der Waals surface area contributed by atoms with Gasteiger partial charge in [-0.3, -0.25) is 0 Å². The van der Waals surface area contributed by atoms with Gasteiger partial charge >= 0.3 is 0 Å². The van der Waals surface area contributed by atoms with Gasteiger partial charge in [0.05, 0.1) is 5.03 Å². The summed E-state index contributed by atoms with van der Waals surface area (Å²) in [5, 5.41) is 1.10. The van der Waals surface area contributed by atoms with E-state index in [2.05, 4.69) is 45.0 Å². The van der Waals surface area contributed by atoms with Crippen molar-refractivity contribution in [2.45, 2.75) is 42.4 Å². The molecule has 14 heavy (non-hydrogen) atoms. The van der Waals surface area contributed by atoms with Crippen molar-refractivity contribution in [1.29, 1.82) is 0 Å². The Balaban J connectivity index is 2.89. The molecule has 1 heterocycles. The number of nitrogens with zero attached hydrogens (tertiary/aromatic N) is 1. The van der Waals surface area contributed by atoms with Gasteiger partial charge in [-0.15, -0.1) is 23.5 Å². The Kier molecular flexibility index (Phi) is 3.90. The second-order valence-corrected chi connectivity index (χ2v) is 6.90. The number of thioether (sulfide) groups is 2. The highest BCUT2D eigenvalue weighted by Crippen LogP contribution is 2.34. The van der Waals surface area contributed by atoms with Crippen molar-refractivity contribution in [1.82, 2.24) is 4.98 Å². The fourth-order valence-electron chi connectivity index (χ4n) is 1.07. The standard InChI is InChI=1S/C11H17NS2/c1-8-6-10(13-5)12-7-9(8)14-11(2,3)4/h6-7H,1-5H3. The highest BCUT2D eigenvalue weighted by atomic mass is 32.2. The first-order valence-corrected chi connectivity index (χ1v) is 6.66. The van der Waals surface area contributed by atoms with E-state index >= 15 is 0 Å². The lowest BCUT2D eigenvalue weighted by Crippen LogP contribution is -2.07. The first-order chi connectivity index (χ1) is 6.42. The second-order valence-electron chi connectivity index (χ2n) is 4.21. The molecule has 1 rings (SSSR count). The van der Waals surface area contributed by atoms with Gasteiger partial charge in [0.2, 0.25) is 0 Å². The molecule has 0 fully saturated rings. The van der Waals surface area contributed by atoms with E-state index in [-0.39, 0.29) is 4.75 Å². The number of pyridine rings is 1. The summed E-state index contributed by atoms with van der Waals surface area (Å²) in [6, 6.07) is 2.15. The first kappa shape index (κ1) is 11.9. The average Bonchev–Trinajstić information content (AvgIpc) is 2.06. The van der Waals surface area contributed by atoms with Crippen LogP contribution in [0.4, 0.5) is 0 Å². The van der Waals surface area contributed by atoms with Crippen LogP contribution in [0.1, 0.15) is 26.3 Å². The molecule has 0 saturated carbocycles. The number of aryl methyl sites for hydroxylation is 1. The minimum Gasteiger partial charge on any atom is -0.249 e. The molecule has 0 aliphatic rings. The quantitative estimate of drug-likeness (QED) is 0.709. The number of hydrogen-bond acceptors (Lipinski definition) is 3. The zero-order valence-electron chi connectivity index (χ0n) is 9.42. The SMILES string of the molecule is CSc1cc(C)c(SC(C)(C)C)cn1. The third-order valence-electron chi connectivity index (χ3n) is 1.66. The molecule has 0 aromatic carbocycles. The van der Waals surface area contributed by atoms with Crippen LogP contribution in [-0.2, 0) is 0 Å². The van der Waals surface area contributed by atoms with Gasteiger partial charge in [-0.1, -0.05) is 20.8 Å². The summed E-state index contributed by atoms with van der Waals surface area (Å²) in [4.78, 5) is 5.67. The molecule has 0 unspecified atom stereocenters. The molecule has 3 heteroatoms. The molecule has 1 aromatic heterocycles. The first-order valence-electron chi connectivity index (χ1n) is 4.62. The van der Waals surface area contributed by atoms with Crippen LogP contribution in [0.3, 0.4) is 0 Å². The van der Waals surface area contributed by atoms with Gasteiger partial charge in [-0.2, -0.15) is 0 Å². The summed E-state index contributed by atoms with van der Waals surface area (Å²) >= 11 is 3.56. The third kappa shape index (κ3) is 3.54. The number of hydrogen-bond donors (Lipinski definition) is 0. The van der Waals surface area contributed by atoms with E-state index < -0.39 is 0 Å². The van der Waals surface area contributed by atoms with E-state index in [9.17, 15) is 0 Å². The molecule has 0 radical (unpaired) electrons. The highest BCUT2D eigenvalue weighted by molar-refractivity contribution is 8.00. The summed E-state index contributed by atoms with van der Waals surface area (Å²) in [6.45, 7) is 8.81. The van der Waals surface area contributed by atoms with Crippen LogP contribution in [0.5, 0.6) is 0 Å². The van der Waals surface area contributed by atoms with Gasteiger partial charge < -0.3 is 0 Å². The molecule has 0 aliphatic carbocycles. The normalized spacial score (nSPS) is 11.8. The molecule has 1 aromatic rings. The fraction of sp³-hybridized carbons (Fsp3) is 0.545. The molecular formula is C11H17NS2. The lowest BCUT2D eigenvalue weighted by atomic mass is 10.3. The zero-order chi connectivity index (χ0) is 10.8. The van der Waals surface area contributed by atoms with Crippen molar-refractivity contribution < 1.29 is 0 Å². The fourth-order valence-corrected chi connectivity index (χ4v) is 2.50. The Morgan fingerprint density at radius 1 is 1.29 bits per heavy atom. The topological polar surface area (TPSA) is 12.9 Å². The molecule has 0 N–H and O–H groups in total. The largest absolute Gasteiger partial charge is 0.249 e. The predicted molar refractivity (Wildman–Crippen MR) is 66.4 cm³/mol. The van der Waals surface area contributed by atoms with Crippen molar-refractivity contribution in [3.63, 3.8) is 0 Å². The van der Waals surface area contributed by atoms with Gasteiger partial charge in [0, 0.05) is 15.8 Å². The van der Waals surface area contributed by atoms with Crippen LogP contribution in [0.2, 0.25) is 0 Å². The van der Waals surface area contributed by atoms with Crippen LogP contribution < -0.4 is 0 Å². The Hall–Kier alpha value is -0.150. The van der Waals surface area contributed by atoms with Gasteiger partial charge in [-0.05, 0) is 24.8 Å². The van der Waals surface area contributed by atoms with E-state index in [1.807, 2.05) is 18.0 Å². The summed E-state index contributed by atoms with van der Waals surface area (Å²) in [7, 11) is 0. The van der Waals surface area contributed by atoms with E-state index in [1.54, 1.807) is 11.8 Å². The van der Waals surface area contributed by atoms with Crippen LogP contribution in [0.15, 0.2) is 22.2 Å². The molecule has 0 aliphatic heterocycles. The van der Waals surface area contributed by atoms with E-state index in [0.717, 1.165) is 5.03 Å². The minimum atomic E-state index is 0.257. The van der Waals surface area contributed by atoms with Crippen molar-refractivity contribution in [2.75, 3.05) is 6.26 Å². The van der Waals surface area contributed by atoms with E-state index in [4.69, 9.17) is 0 Å². The molecule has 0 amide bonds. The highest BCUT2D eigenvalue weighted by Gasteiger charge is 2.13. The molecule has 78 valence electrons. The maximum Gasteiger partial charge on any atom is 0.0960 e. The Labute approximate surface area is 95.1 Å². The van der Waals surface area contributed by atoms with Gasteiger partial charge in [0.25, 0.3) is 0 Å². The molecule has 0 saturated heterocycles. The molecule has 0 bridgehead atoms. The Morgan fingerprint density at radius 2 is 1.93 bits per heavy atom. The number of rotatable bonds is 2. The monoisotopic (exact) mass is 227 g/mol. The summed E-state index contributed by atoms with van der Waals surface area (Å²) in [5.74, 6) is 0. The Bertz CT molecular complexity index is 316. The second kappa shape index (κ2) is 4.58. The van der Waals surface area contributed by atoms with Gasteiger partial charge in [0.15, 0.2) is 0 Å². The summed E-state index contributed by atoms with van der Waals surface area (Å²) < 4.78 is 0.257. The molecule has 0 spiro atoms. The molecular weight excluding hydrogens is 210 g/mol. The summed E-state index contributed by atoms with van der Waals surface area (Å²) in [6.07, 6.45) is 4.04. The lowest BCUT2D eigenvalue weighted by Gasteiger charge is -2.18. The van der Waals surface area contributed by atoms with E-state index in [1.165, 1.54) is 10.5 Å². The van der Waals surface area contributed by atoms with Crippen LogP contribution >= 0.6 is 23.5 Å². The number of aromatic nitrogens is 1. The van der Waals surface area contributed by atoms with Crippen LogP contribution in [0.25, 0.3) is 0 Å². The van der Waals surface area contributed by atoms with Gasteiger partial charge in [0.1, 0.15) is 0 Å². The Morgan fingerprint density at radius 3 is 2.36 bits per heavy atom. The third-order valence-corrected chi connectivity index (χ3v) is 3.56. The molecule has 1 nitrogen and oxygen atoms in total. The minimum absolute atomic E-state index is 0.257. The lowest BCUT2D eigenvalue weighted by molar-refractivity contribution is 0.801. The van der Waals surface area contributed by atoms with Crippen molar-refractivity contribution >= 4 is 23.5 Å². The van der Waals surface area contributed by atoms with Crippen molar-refractivity contribution in [3.05, 3.63) is 17.8 Å². The smallest absolute Gasteiger partial charge is 0.0960 e. The van der Waals surface area contributed by atoms with Crippen molar-refractivity contribution in [3.8, 4) is 0 Å². The maximum absolute atomic E-state index is 4.38. The van der Waals surface area contributed by atoms with Crippen molar-refractivity contribution in [2.24, 2.45) is 0 Å². The summed E-state index contributed by atoms with van der Waals surface area (Å²) in [5.41, 5.74) is 1.32. The van der Waals surface area contributed by atoms with Crippen LogP contribution in [0, 0.1) is 6.92 Å². The molecule has 0 atom stereocenters. The van der Waals surface area contributed by atoms with E-state index in [0.29, 0.717) is 0 Å². The van der Waals surface area contributed by atoms with Gasteiger partial charge in [-0.25, -0.2) is 4.98 Å². The average molecular weight is 227 g/mol. The predicted octanol–water partition coefficient (Wildman–Crippen LogP) is 4.00. The van der Waals surface area contributed by atoms with Crippen LogP contribution in [-0.4, -0.2) is 16.0 Å².